The van der Waals surface area contributed by atoms with Crippen LogP contribution in [0.25, 0.3) is 11.6 Å². The number of halogens is 2. The number of aromatic nitrogens is 2. The van der Waals surface area contributed by atoms with E-state index in [0.717, 1.165) is 6.07 Å². The van der Waals surface area contributed by atoms with E-state index in [2.05, 4.69) is 27.2 Å². The lowest BCUT2D eigenvalue weighted by atomic mass is 9.96. The smallest absolute Gasteiger partial charge is 0.243 e. The normalized spacial score (nSPS) is 21.1. The predicted octanol–water partition coefficient (Wildman–Crippen LogP) is 1.56. The molecule has 1 aromatic heterocycles. The van der Waals surface area contributed by atoms with Gasteiger partial charge in [-0.25, -0.2) is 13.8 Å². The molecule has 0 saturated carbocycles. The Kier molecular flexibility index (Phi) is 6.85. The molecule has 0 spiro atoms. The Morgan fingerprint density at radius 2 is 1.91 bits per heavy atom. The van der Waals surface area contributed by atoms with Crippen LogP contribution < -0.4 is 25.0 Å². The molecule has 3 atom stereocenters. The van der Waals surface area contributed by atoms with Crippen LogP contribution in [0.5, 0.6) is 11.5 Å². The largest absolute Gasteiger partial charge is 0.494 e. The number of likely N-dealkylation sites (N-methyl/N-ethyl adjacent to an activating group) is 1. The van der Waals surface area contributed by atoms with Crippen molar-refractivity contribution in [1.82, 2.24) is 15.3 Å². The minimum Gasteiger partial charge on any atom is -0.494 e. The summed E-state index contributed by atoms with van der Waals surface area (Å²) in [7, 11) is 4.03. The van der Waals surface area contributed by atoms with Gasteiger partial charge in [0.1, 0.15) is 5.82 Å². The molecule has 1 saturated heterocycles. The predicted molar refractivity (Wildman–Crippen MR) is 124 cm³/mol. The maximum atomic E-state index is 15.1. The number of rotatable bonds is 7. The number of hydrogen-bond donors (Lipinski definition) is 3. The van der Waals surface area contributed by atoms with Crippen molar-refractivity contribution in [3.05, 3.63) is 47.7 Å². The number of amides is 1. The molecule has 1 amide bonds. The van der Waals surface area contributed by atoms with Gasteiger partial charge in [0.15, 0.2) is 29.4 Å². The average Bonchev–Trinajstić information content (AvgIpc) is 3.28. The summed E-state index contributed by atoms with van der Waals surface area (Å²) in [5, 5.41) is 16.8. The zero-order valence-corrected chi connectivity index (χ0v) is 19.3. The van der Waals surface area contributed by atoms with Gasteiger partial charge in [0.25, 0.3) is 0 Å². The zero-order chi connectivity index (χ0) is 25.3. The fraction of sp³-hybridized carbons (Fsp3) is 0.348. The molecule has 12 heteroatoms. The molecule has 2 aliphatic heterocycles. The Hall–Kier alpha value is -3.77. The molecule has 1 unspecified atom stereocenters. The summed E-state index contributed by atoms with van der Waals surface area (Å²) >= 11 is 0. The number of nitrogens with zero attached hydrogens (tertiary/aromatic N) is 3. The van der Waals surface area contributed by atoms with Crippen molar-refractivity contribution in [2.75, 3.05) is 44.7 Å². The molecule has 2 aromatic rings. The van der Waals surface area contributed by atoms with Gasteiger partial charge < -0.3 is 34.9 Å². The first-order valence-electron chi connectivity index (χ1n) is 10.7. The van der Waals surface area contributed by atoms with Crippen molar-refractivity contribution in [1.29, 1.82) is 0 Å². The summed E-state index contributed by atoms with van der Waals surface area (Å²) in [6.45, 7) is 4.07. The highest BCUT2D eigenvalue weighted by Gasteiger charge is 2.34. The van der Waals surface area contributed by atoms with E-state index >= 15 is 8.78 Å². The van der Waals surface area contributed by atoms with E-state index in [4.69, 9.17) is 14.2 Å². The zero-order valence-electron chi connectivity index (χ0n) is 19.3. The lowest BCUT2D eigenvalue weighted by Gasteiger charge is -2.32. The third-order valence-electron chi connectivity index (χ3n) is 5.86. The Labute approximate surface area is 200 Å². The van der Waals surface area contributed by atoms with Gasteiger partial charge >= 0.3 is 0 Å². The molecule has 1 fully saturated rings. The van der Waals surface area contributed by atoms with Gasteiger partial charge in [0, 0.05) is 30.4 Å². The second-order valence-corrected chi connectivity index (χ2v) is 7.95. The molecular formula is C23H25F2N5O5. The Morgan fingerprint density at radius 3 is 2.54 bits per heavy atom. The molecule has 0 bridgehead atoms. The van der Waals surface area contributed by atoms with Crippen molar-refractivity contribution in [3.63, 3.8) is 0 Å². The van der Waals surface area contributed by atoms with Crippen LogP contribution in [0.4, 0.5) is 20.5 Å². The van der Waals surface area contributed by atoms with E-state index in [1.807, 2.05) is 0 Å². The van der Waals surface area contributed by atoms with Gasteiger partial charge in [-0.15, -0.1) is 0 Å². The summed E-state index contributed by atoms with van der Waals surface area (Å²) in [4.78, 5) is 21.8. The number of methoxy groups -OCH3 is 2. The monoisotopic (exact) mass is 489 g/mol. The minimum atomic E-state index is -1.43. The lowest BCUT2D eigenvalue weighted by molar-refractivity contribution is -0.117. The first kappa shape index (κ1) is 24.4. The molecule has 0 radical (unpaired) electrons. The number of aliphatic hydroxyl groups is 1. The first-order chi connectivity index (χ1) is 16.8. The maximum absolute atomic E-state index is 15.1. The minimum absolute atomic E-state index is 0.0482. The molecule has 186 valence electrons. The summed E-state index contributed by atoms with van der Waals surface area (Å²) in [6.07, 6.45) is 2.62. The summed E-state index contributed by atoms with van der Waals surface area (Å²) in [6, 6.07) is 0.485. The molecule has 2 aliphatic rings. The van der Waals surface area contributed by atoms with E-state index in [9.17, 15) is 9.90 Å². The van der Waals surface area contributed by atoms with Gasteiger partial charge in [-0.3, -0.25) is 4.79 Å². The Bertz CT molecular complexity index is 1160. The summed E-state index contributed by atoms with van der Waals surface area (Å²) in [5.74, 6) is -2.16. The SMILES string of the molecule is C=CC(=O)N[C@H]1COC[C@H]1Nc1ncc2c(n1)N(C)C(O)C(c1c(F)c(OC)cc(OC)c1F)=C2. The number of carbonyl (C=O) groups is 1. The fourth-order valence-electron chi connectivity index (χ4n) is 3.99. The van der Waals surface area contributed by atoms with Crippen LogP contribution in [0.1, 0.15) is 11.1 Å². The maximum Gasteiger partial charge on any atom is 0.243 e. The number of ether oxygens (including phenoxy) is 3. The fourth-order valence-corrected chi connectivity index (χ4v) is 3.99. The van der Waals surface area contributed by atoms with E-state index in [1.54, 1.807) is 0 Å². The molecule has 4 rings (SSSR count). The molecule has 0 aliphatic carbocycles. The van der Waals surface area contributed by atoms with E-state index < -0.39 is 23.4 Å². The molecule has 3 heterocycles. The van der Waals surface area contributed by atoms with Crippen LogP contribution in [0.3, 0.4) is 0 Å². The molecule has 3 N–H and O–H groups in total. The highest BCUT2D eigenvalue weighted by Crippen LogP contribution is 2.41. The van der Waals surface area contributed by atoms with E-state index in [0.29, 0.717) is 24.6 Å². The topological polar surface area (TPSA) is 118 Å². The number of carbonyl (C=O) groups excluding carboxylic acids is 1. The number of benzene rings is 1. The lowest BCUT2D eigenvalue weighted by Crippen LogP contribution is -2.45. The van der Waals surface area contributed by atoms with Crippen molar-refractivity contribution in [2.24, 2.45) is 0 Å². The molecule has 1 aromatic carbocycles. The van der Waals surface area contributed by atoms with Crippen LogP contribution in [0.2, 0.25) is 0 Å². The third kappa shape index (κ3) is 4.49. The van der Waals surface area contributed by atoms with Crippen LogP contribution in [0.15, 0.2) is 24.9 Å². The van der Waals surface area contributed by atoms with Crippen molar-refractivity contribution in [3.8, 4) is 11.5 Å². The van der Waals surface area contributed by atoms with Gasteiger partial charge in [-0.05, 0) is 12.2 Å². The highest BCUT2D eigenvalue weighted by atomic mass is 19.1. The molecule has 10 nitrogen and oxygen atoms in total. The van der Waals surface area contributed by atoms with Crippen LogP contribution in [-0.4, -0.2) is 73.8 Å². The first-order valence-corrected chi connectivity index (χ1v) is 10.7. The van der Waals surface area contributed by atoms with Gasteiger partial charge in [-0.2, -0.15) is 4.98 Å². The quantitative estimate of drug-likeness (QED) is 0.498. The second-order valence-electron chi connectivity index (χ2n) is 7.95. The molecule has 35 heavy (non-hydrogen) atoms. The number of fused-ring (bicyclic) bond motifs is 1. The van der Waals surface area contributed by atoms with Gasteiger partial charge in [-0.1, -0.05) is 6.58 Å². The van der Waals surface area contributed by atoms with Crippen molar-refractivity contribution in [2.45, 2.75) is 18.3 Å². The Balaban J connectivity index is 1.68. The van der Waals surface area contributed by atoms with Crippen LogP contribution >= 0.6 is 0 Å². The highest BCUT2D eigenvalue weighted by molar-refractivity contribution is 5.92. The molecular weight excluding hydrogens is 464 g/mol. The number of aliphatic hydroxyl groups excluding tert-OH is 1. The van der Waals surface area contributed by atoms with Gasteiger partial charge in [0.05, 0.1) is 45.1 Å². The van der Waals surface area contributed by atoms with E-state index in [-0.39, 0.29) is 41.0 Å². The number of nitrogens with one attached hydrogen (secondary N) is 2. The van der Waals surface area contributed by atoms with Gasteiger partial charge in [0.2, 0.25) is 11.9 Å². The second kappa shape index (κ2) is 9.84. The summed E-state index contributed by atoms with van der Waals surface area (Å²) < 4.78 is 45.6. The van der Waals surface area contributed by atoms with Crippen LogP contribution in [0, 0.1) is 11.6 Å². The third-order valence-corrected chi connectivity index (χ3v) is 5.86. The standard InChI is InChI=1S/C23H25F2N5O5/c1-5-17(31)27-13-9-35-10-14(13)28-23-26-8-11-6-12(22(32)30(2)21(11)29-23)18-19(24)15(33-3)7-16(34-4)20(18)25/h5-8,13-14,22,32H,1,9-10H2,2-4H3,(H,27,31)(H,26,28,29)/t13-,14+,22?/m0/s1. The summed E-state index contributed by atoms with van der Waals surface area (Å²) in [5.41, 5.74) is -0.0941. The van der Waals surface area contributed by atoms with Crippen molar-refractivity contribution < 1.29 is 32.9 Å². The number of anilines is 2. The van der Waals surface area contributed by atoms with E-state index in [1.165, 1.54) is 44.5 Å². The number of hydrogen-bond acceptors (Lipinski definition) is 9. The van der Waals surface area contributed by atoms with Crippen molar-refractivity contribution >= 4 is 29.3 Å². The average molecular weight is 489 g/mol. The van der Waals surface area contributed by atoms with Crippen LogP contribution in [-0.2, 0) is 9.53 Å². The Morgan fingerprint density at radius 1 is 1.26 bits per heavy atom.